The molecule has 0 unspecified atom stereocenters. The van der Waals surface area contributed by atoms with Gasteiger partial charge in [0, 0.05) is 13.1 Å². The highest BCUT2D eigenvalue weighted by molar-refractivity contribution is 5.74. The van der Waals surface area contributed by atoms with E-state index in [4.69, 9.17) is 10.5 Å². The van der Waals surface area contributed by atoms with Crippen molar-refractivity contribution in [3.05, 3.63) is 18.2 Å². The number of anilines is 2. The normalized spacial score (nSPS) is 14.7. The van der Waals surface area contributed by atoms with Crippen LogP contribution in [-0.2, 0) is 0 Å². The summed E-state index contributed by atoms with van der Waals surface area (Å²) in [6.45, 7) is 6.93. The van der Waals surface area contributed by atoms with Gasteiger partial charge in [0.25, 0.3) is 0 Å². The van der Waals surface area contributed by atoms with E-state index in [0.29, 0.717) is 6.61 Å². The van der Waals surface area contributed by atoms with Gasteiger partial charge in [-0.3, -0.25) is 0 Å². The van der Waals surface area contributed by atoms with Gasteiger partial charge in [0.2, 0.25) is 0 Å². The SMILES string of the molecule is CCOc1cccc(N(CC)CC2CC2)c1N. The lowest BCUT2D eigenvalue weighted by Gasteiger charge is -2.25. The van der Waals surface area contributed by atoms with Crippen molar-refractivity contribution < 1.29 is 4.74 Å². The van der Waals surface area contributed by atoms with Crippen LogP contribution in [0.3, 0.4) is 0 Å². The highest BCUT2D eigenvalue weighted by Crippen LogP contribution is 2.36. The molecule has 0 aromatic heterocycles. The second kappa shape index (κ2) is 5.30. The van der Waals surface area contributed by atoms with E-state index in [-0.39, 0.29) is 0 Å². The molecule has 1 aromatic rings. The van der Waals surface area contributed by atoms with E-state index >= 15 is 0 Å². The van der Waals surface area contributed by atoms with Gasteiger partial charge in [-0.05, 0) is 44.7 Å². The van der Waals surface area contributed by atoms with E-state index in [2.05, 4.69) is 17.9 Å². The number of nitrogens with two attached hydrogens (primary N) is 1. The predicted octanol–water partition coefficient (Wildman–Crippen LogP) is 2.90. The van der Waals surface area contributed by atoms with Gasteiger partial charge < -0.3 is 15.4 Å². The Morgan fingerprint density at radius 1 is 1.35 bits per heavy atom. The fourth-order valence-electron chi connectivity index (χ4n) is 2.10. The zero-order valence-electron chi connectivity index (χ0n) is 10.8. The van der Waals surface area contributed by atoms with Gasteiger partial charge in [0.1, 0.15) is 5.75 Å². The van der Waals surface area contributed by atoms with E-state index in [9.17, 15) is 0 Å². The van der Waals surface area contributed by atoms with E-state index in [1.165, 1.54) is 12.8 Å². The first-order valence-corrected chi connectivity index (χ1v) is 6.52. The first kappa shape index (κ1) is 12.1. The molecule has 0 radical (unpaired) electrons. The molecule has 0 heterocycles. The summed E-state index contributed by atoms with van der Waals surface area (Å²) >= 11 is 0. The molecule has 3 heteroatoms. The molecule has 0 bridgehead atoms. The molecule has 0 saturated heterocycles. The molecule has 0 spiro atoms. The minimum Gasteiger partial charge on any atom is -0.492 e. The third-order valence-corrected chi connectivity index (χ3v) is 3.24. The molecule has 94 valence electrons. The van der Waals surface area contributed by atoms with Crippen LogP contribution in [0.5, 0.6) is 5.75 Å². The molecule has 1 aliphatic rings. The van der Waals surface area contributed by atoms with Crippen molar-refractivity contribution in [2.75, 3.05) is 30.3 Å². The molecule has 2 rings (SSSR count). The molecule has 0 aliphatic heterocycles. The lowest BCUT2D eigenvalue weighted by atomic mass is 10.2. The Morgan fingerprint density at radius 2 is 2.12 bits per heavy atom. The Bertz CT molecular complexity index is 374. The third-order valence-electron chi connectivity index (χ3n) is 3.24. The number of nitrogen functional groups attached to an aromatic ring is 1. The zero-order valence-corrected chi connectivity index (χ0v) is 10.8. The molecule has 1 aliphatic carbocycles. The van der Waals surface area contributed by atoms with Crippen molar-refractivity contribution in [2.24, 2.45) is 5.92 Å². The van der Waals surface area contributed by atoms with Crippen molar-refractivity contribution in [3.63, 3.8) is 0 Å². The van der Waals surface area contributed by atoms with Crippen LogP contribution in [-0.4, -0.2) is 19.7 Å². The Balaban J connectivity index is 2.19. The summed E-state index contributed by atoms with van der Waals surface area (Å²) in [4.78, 5) is 2.36. The van der Waals surface area contributed by atoms with E-state index in [1.807, 2.05) is 19.1 Å². The Hall–Kier alpha value is -1.38. The zero-order chi connectivity index (χ0) is 12.3. The molecule has 17 heavy (non-hydrogen) atoms. The van der Waals surface area contributed by atoms with Gasteiger partial charge in [0.15, 0.2) is 0 Å². The van der Waals surface area contributed by atoms with Crippen LogP contribution in [0.25, 0.3) is 0 Å². The fourth-order valence-corrected chi connectivity index (χ4v) is 2.10. The minimum absolute atomic E-state index is 0.655. The monoisotopic (exact) mass is 234 g/mol. The number of hydrogen-bond donors (Lipinski definition) is 1. The summed E-state index contributed by atoms with van der Waals surface area (Å²) in [5, 5.41) is 0. The molecule has 3 nitrogen and oxygen atoms in total. The van der Waals surface area contributed by atoms with Gasteiger partial charge in [-0.2, -0.15) is 0 Å². The first-order chi connectivity index (χ1) is 8.26. The smallest absolute Gasteiger partial charge is 0.144 e. The van der Waals surface area contributed by atoms with Crippen LogP contribution in [0.1, 0.15) is 26.7 Å². The standard InChI is InChI=1S/C14H22N2O/c1-3-16(10-11-8-9-11)12-6-5-7-13(14(12)15)17-4-2/h5-7,11H,3-4,8-10,15H2,1-2H3. The summed E-state index contributed by atoms with van der Waals surface area (Å²) < 4.78 is 5.54. The van der Waals surface area contributed by atoms with Gasteiger partial charge in [-0.1, -0.05) is 6.07 Å². The van der Waals surface area contributed by atoms with Crippen LogP contribution in [0.4, 0.5) is 11.4 Å². The summed E-state index contributed by atoms with van der Waals surface area (Å²) in [5.74, 6) is 1.67. The number of nitrogens with zero attached hydrogens (tertiary/aromatic N) is 1. The maximum absolute atomic E-state index is 6.18. The maximum atomic E-state index is 6.18. The largest absolute Gasteiger partial charge is 0.492 e. The van der Waals surface area contributed by atoms with Gasteiger partial charge in [-0.15, -0.1) is 0 Å². The second-order valence-electron chi connectivity index (χ2n) is 4.60. The first-order valence-electron chi connectivity index (χ1n) is 6.52. The second-order valence-corrected chi connectivity index (χ2v) is 4.60. The summed E-state index contributed by atoms with van der Waals surface area (Å²) in [6.07, 6.45) is 2.73. The van der Waals surface area contributed by atoms with Crippen molar-refractivity contribution in [1.82, 2.24) is 0 Å². The van der Waals surface area contributed by atoms with Crippen LogP contribution in [0, 0.1) is 5.92 Å². The lowest BCUT2D eigenvalue weighted by Crippen LogP contribution is -2.26. The van der Waals surface area contributed by atoms with Crippen molar-refractivity contribution in [3.8, 4) is 5.75 Å². The minimum atomic E-state index is 0.655. The van der Waals surface area contributed by atoms with Crippen molar-refractivity contribution in [1.29, 1.82) is 0 Å². The molecule has 0 amide bonds. The van der Waals surface area contributed by atoms with Crippen molar-refractivity contribution in [2.45, 2.75) is 26.7 Å². The lowest BCUT2D eigenvalue weighted by molar-refractivity contribution is 0.342. The number of para-hydroxylation sites is 1. The van der Waals surface area contributed by atoms with Crippen LogP contribution >= 0.6 is 0 Å². The average Bonchev–Trinajstić information content (AvgIpc) is 3.13. The third kappa shape index (κ3) is 2.84. The summed E-state index contributed by atoms with van der Waals surface area (Å²) in [7, 11) is 0. The van der Waals surface area contributed by atoms with E-state index in [1.54, 1.807) is 0 Å². The predicted molar refractivity (Wildman–Crippen MR) is 72.6 cm³/mol. The highest BCUT2D eigenvalue weighted by atomic mass is 16.5. The van der Waals surface area contributed by atoms with Crippen LogP contribution in [0.15, 0.2) is 18.2 Å². The Morgan fingerprint density at radius 3 is 2.71 bits per heavy atom. The topological polar surface area (TPSA) is 38.5 Å². The van der Waals surface area contributed by atoms with Crippen LogP contribution in [0.2, 0.25) is 0 Å². The van der Waals surface area contributed by atoms with Gasteiger partial charge in [-0.25, -0.2) is 0 Å². The number of rotatable bonds is 6. The molecule has 1 aromatic carbocycles. The molecule has 1 fully saturated rings. The number of ether oxygens (including phenoxy) is 1. The molecule has 2 N–H and O–H groups in total. The van der Waals surface area contributed by atoms with E-state index in [0.717, 1.165) is 36.1 Å². The van der Waals surface area contributed by atoms with Gasteiger partial charge in [0.05, 0.1) is 18.0 Å². The average molecular weight is 234 g/mol. The maximum Gasteiger partial charge on any atom is 0.144 e. The molecular weight excluding hydrogens is 212 g/mol. The quantitative estimate of drug-likeness (QED) is 0.769. The fraction of sp³-hybridized carbons (Fsp3) is 0.571. The summed E-state index contributed by atoms with van der Waals surface area (Å²) in [5.41, 5.74) is 8.07. The number of benzene rings is 1. The Labute approximate surface area is 104 Å². The molecule has 1 saturated carbocycles. The Kier molecular flexibility index (Phi) is 3.77. The van der Waals surface area contributed by atoms with Gasteiger partial charge >= 0.3 is 0 Å². The number of hydrogen-bond acceptors (Lipinski definition) is 3. The van der Waals surface area contributed by atoms with E-state index < -0.39 is 0 Å². The highest BCUT2D eigenvalue weighted by Gasteiger charge is 2.24. The molecular formula is C14H22N2O. The van der Waals surface area contributed by atoms with Crippen molar-refractivity contribution >= 4 is 11.4 Å². The molecule has 0 atom stereocenters. The van der Waals surface area contributed by atoms with Crippen LogP contribution < -0.4 is 15.4 Å². The summed E-state index contributed by atoms with van der Waals surface area (Å²) in [6, 6.07) is 6.04.